The van der Waals surface area contributed by atoms with Crippen molar-refractivity contribution >= 4 is 23.0 Å². The second-order valence-corrected chi connectivity index (χ2v) is 6.08. The van der Waals surface area contributed by atoms with Gasteiger partial charge in [0.15, 0.2) is 6.61 Å². The Hall–Kier alpha value is -1.95. The van der Waals surface area contributed by atoms with E-state index in [4.69, 9.17) is 10.5 Å². The Morgan fingerprint density at radius 1 is 1.35 bits per heavy atom. The van der Waals surface area contributed by atoms with Crippen LogP contribution in [-0.2, 0) is 4.79 Å². The Kier molecular flexibility index (Phi) is 3.29. The summed E-state index contributed by atoms with van der Waals surface area (Å²) in [5.41, 5.74) is 6.15. The molecule has 20 heavy (non-hydrogen) atoms. The van der Waals surface area contributed by atoms with Gasteiger partial charge in [-0.15, -0.1) is 0 Å². The number of hydrogen-bond acceptors (Lipinski definition) is 5. The number of nitrogens with one attached hydrogen (secondary N) is 2. The van der Waals surface area contributed by atoms with E-state index in [1.807, 2.05) is 13.8 Å². The van der Waals surface area contributed by atoms with Crippen LogP contribution in [0.15, 0.2) is 12.1 Å². The zero-order chi connectivity index (χ0) is 15.1. The van der Waals surface area contributed by atoms with E-state index in [1.54, 1.807) is 26.0 Å². The van der Waals surface area contributed by atoms with Gasteiger partial charge in [0.1, 0.15) is 5.75 Å². The van der Waals surface area contributed by atoms with Crippen molar-refractivity contribution < 1.29 is 14.6 Å². The van der Waals surface area contributed by atoms with Crippen LogP contribution in [0, 0.1) is 0 Å². The largest absolute Gasteiger partial charge is 0.482 e. The summed E-state index contributed by atoms with van der Waals surface area (Å²) in [6.45, 7) is 7.19. The van der Waals surface area contributed by atoms with Crippen LogP contribution in [0.1, 0.15) is 27.7 Å². The molecular formula is C14H21N3O3. The molecule has 6 nitrogen and oxygen atoms in total. The molecule has 0 fully saturated rings. The van der Waals surface area contributed by atoms with Crippen molar-refractivity contribution in [3.63, 3.8) is 0 Å². The first kappa shape index (κ1) is 14.5. The average Bonchev–Trinajstić information content (AvgIpc) is 2.29. The Labute approximate surface area is 118 Å². The van der Waals surface area contributed by atoms with Crippen molar-refractivity contribution in [2.75, 3.05) is 23.0 Å². The summed E-state index contributed by atoms with van der Waals surface area (Å²) in [5, 5.41) is 16.1. The maximum atomic E-state index is 11.3. The molecular weight excluding hydrogens is 258 g/mol. The Bertz CT molecular complexity index is 547. The molecule has 1 amide bonds. The fourth-order valence-electron chi connectivity index (χ4n) is 1.74. The summed E-state index contributed by atoms with van der Waals surface area (Å²) in [4.78, 5) is 11.3. The molecule has 0 aromatic heterocycles. The van der Waals surface area contributed by atoms with E-state index in [1.165, 1.54) is 0 Å². The van der Waals surface area contributed by atoms with Gasteiger partial charge in [0.25, 0.3) is 5.91 Å². The number of nitrogens with two attached hydrogens (primary N) is 1. The Balaban J connectivity index is 2.34. The van der Waals surface area contributed by atoms with E-state index in [0.29, 0.717) is 22.8 Å². The van der Waals surface area contributed by atoms with Gasteiger partial charge in [0.05, 0.1) is 28.2 Å². The van der Waals surface area contributed by atoms with Crippen LogP contribution in [0.25, 0.3) is 0 Å². The van der Waals surface area contributed by atoms with Gasteiger partial charge >= 0.3 is 0 Å². The number of fused-ring (bicyclic) bond motifs is 1. The number of aliphatic hydroxyl groups is 1. The number of carbonyl (C=O) groups excluding carboxylic acids is 1. The van der Waals surface area contributed by atoms with Gasteiger partial charge in [-0.3, -0.25) is 4.79 Å². The molecule has 5 N–H and O–H groups in total. The van der Waals surface area contributed by atoms with Crippen LogP contribution in [0.5, 0.6) is 5.75 Å². The number of amides is 1. The molecule has 0 unspecified atom stereocenters. The van der Waals surface area contributed by atoms with Gasteiger partial charge in [-0.05, 0) is 33.8 Å². The average molecular weight is 279 g/mol. The third-order valence-corrected chi connectivity index (χ3v) is 3.76. The molecule has 0 radical (unpaired) electrons. The van der Waals surface area contributed by atoms with Crippen LogP contribution in [-0.4, -0.2) is 28.8 Å². The molecule has 2 rings (SSSR count). The molecule has 0 atom stereocenters. The third-order valence-electron chi connectivity index (χ3n) is 3.76. The second kappa shape index (κ2) is 4.56. The highest BCUT2D eigenvalue weighted by Crippen LogP contribution is 2.37. The smallest absolute Gasteiger partial charge is 0.262 e. The van der Waals surface area contributed by atoms with Crippen LogP contribution in [0.2, 0.25) is 0 Å². The van der Waals surface area contributed by atoms with Crippen LogP contribution in [0.4, 0.5) is 17.1 Å². The van der Waals surface area contributed by atoms with Crippen molar-refractivity contribution in [3.8, 4) is 5.75 Å². The van der Waals surface area contributed by atoms with Gasteiger partial charge < -0.3 is 26.2 Å². The number of nitrogen functional groups attached to an aromatic ring is 1. The molecule has 1 aromatic carbocycles. The monoisotopic (exact) mass is 279 g/mol. The molecule has 110 valence electrons. The summed E-state index contributed by atoms with van der Waals surface area (Å²) in [5.74, 6) is 0.351. The first-order chi connectivity index (χ1) is 9.10. The minimum atomic E-state index is -0.949. The molecule has 6 heteroatoms. The van der Waals surface area contributed by atoms with E-state index in [2.05, 4.69) is 10.6 Å². The lowest BCUT2D eigenvalue weighted by Gasteiger charge is -2.39. The lowest BCUT2D eigenvalue weighted by molar-refractivity contribution is -0.118. The minimum Gasteiger partial charge on any atom is -0.482 e. The van der Waals surface area contributed by atoms with E-state index < -0.39 is 11.1 Å². The summed E-state index contributed by atoms with van der Waals surface area (Å²) < 4.78 is 5.30. The summed E-state index contributed by atoms with van der Waals surface area (Å²) in [7, 11) is 0. The first-order valence-corrected chi connectivity index (χ1v) is 6.47. The highest BCUT2D eigenvalue weighted by atomic mass is 16.5. The SMILES string of the molecule is CC(C)(O)C(C)(C)Nc1cc2c(cc1N)OCC(=O)N2. The topological polar surface area (TPSA) is 96.6 Å². The van der Waals surface area contributed by atoms with Gasteiger partial charge in [0.2, 0.25) is 0 Å². The van der Waals surface area contributed by atoms with Gasteiger partial charge in [-0.1, -0.05) is 0 Å². The molecule has 0 aliphatic carbocycles. The zero-order valence-electron chi connectivity index (χ0n) is 12.2. The minimum absolute atomic E-state index is 0.00558. The highest BCUT2D eigenvalue weighted by Gasteiger charge is 2.35. The quantitative estimate of drug-likeness (QED) is 0.630. The maximum Gasteiger partial charge on any atom is 0.262 e. The molecule has 0 bridgehead atoms. The van der Waals surface area contributed by atoms with Crippen LogP contribution >= 0.6 is 0 Å². The number of carbonyl (C=O) groups is 1. The standard InChI is InChI=1S/C14H21N3O3/c1-13(2,14(3,4)19)17-9-6-10-11(5-8(9)15)20-7-12(18)16-10/h5-6,17,19H,7,15H2,1-4H3,(H,16,18). The number of ether oxygens (including phenoxy) is 1. The van der Waals surface area contributed by atoms with Crippen molar-refractivity contribution in [2.45, 2.75) is 38.8 Å². The normalized spacial score (nSPS) is 15.2. The van der Waals surface area contributed by atoms with Crippen LogP contribution < -0.4 is 21.1 Å². The molecule has 0 saturated heterocycles. The number of rotatable bonds is 3. The second-order valence-electron chi connectivity index (χ2n) is 6.08. The lowest BCUT2D eigenvalue weighted by atomic mass is 9.85. The maximum absolute atomic E-state index is 11.3. The predicted octanol–water partition coefficient (Wildman–Crippen LogP) is 1.56. The number of anilines is 3. The van der Waals surface area contributed by atoms with Crippen molar-refractivity contribution in [3.05, 3.63) is 12.1 Å². The molecule has 1 aliphatic rings. The fraction of sp³-hybridized carbons (Fsp3) is 0.500. The van der Waals surface area contributed by atoms with Gasteiger partial charge in [-0.2, -0.15) is 0 Å². The van der Waals surface area contributed by atoms with E-state index in [9.17, 15) is 9.90 Å². The molecule has 0 spiro atoms. The zero-order valence-corrected chi connectivity index (χ0v) is 12.2. The van der Waals surface area contributed by atoms with Gasteiger partial charge in [0, 0.05) is 6.07 Å². The molecule has 0 saturated carbocycles. The summed E-state index contributed by atoms with van der Waals surface area (Å²) in [6, 6.07) is 3.38. The first-order valence-electron chi connectivity index (χ1n) is 6.47. The lowest BCUT2D eigenvalue weighted by Crippen LogP contribution is -2.51. The summed E-state index contributed by atoms with van der Waals surface area (Å²) in [6.07, 6.45) is 0. The Morgan fingerprint density at radius 2 is 2.00 bits per heavy atom. The van der Waals surface area contributed by atoms with Gasteiger partial charge in [-0.25, -0.2) is 0 Å². The van der Waals surface area contributed by atoms with Crippen molar-refractivity contribution in [1.82, 2.24) is 0 Å². The fourth-order valence-corrected chi connectivity index (χ4v) is 1.74. The van der Waals surface area contributed by atoms with Crippen LogP contribution in [0.3, 0.4) is 0 Å². The highest BCUT2D eigenvalue weighted by molar-refractivity contribution is 5.97. The number of hydrogen-bond donors (Lipinski definition) is 4. The van der Waals surface area contributed by atoms with Crippen molar-refractivity contribution in [1.29, 1.82) is 0 Å². The Morgan fingerprint density at radius 3 is 2.60 bits per heavy atom. The van der Waals surface area contributed by atoms with E-state index in [0.717, 1.165) is 0 Å². The molecule has 1 aromatic rings. The van der Waals surface area contributed by atoms with E-state index in [-0.39, 0.29) is 12.5 Å². The predicted molar refractivity (Wildman–Crippen MR) is 79.0 cm³/mol. The molecule has 1 aliphatic heterocycles. The van der Waals surface area contributed by atoms with Crippen molar-refractivity contribution in [2.24, 2.45) is 0 Å². The molecule has 1 heterocycles. The third kappa shape index (κ3) is 2.65. The van der Waals surface area contributed by atoms with E-state index >= 15 is 0 Å². The number of benzene rings is 1. The summed E-state index contributed by atoms with van der Waals surface area (Å²) >= 11 is 0.